The number of amides is 1. The summed E-state index contributed by atoms with van der Waals surface area (Å²) in [4.78, 5) is 11.4. The molecule has 0 fully saturated rings. The zero-order chi connectivity index (χ0) is 14.0. The molecule has 4 nitrogen and oxygen atoms in total. The van der Waals surface area contributed by atoms with Crippen molar-refractivity contribution in [1.29, 1.82) is 0 Å². The molecule has 0 saturated carbocycles. The van der Waals surface area contributed by atoms with Gasteiger partial charge in [-0.15, -0.1) is 0 Å². The van der Waals surface area contributed by atoms with Crippen molar-refractivity contribution in [2.45, 2.75) is 0 Å². The highest BCUT2D eigenvalue weighted by Crippen LogP contribution is 2.35. The Kier molecular flexibility index (Phi) is 3.97. The third-order valence-electron chi connectivity index (χ3n) is 2.36. The van der Waals surface area contributed by atoms with E-state index in [1.165, 1.54) is 12.1 Å². The fourth-order valence-corrected chi connectivity index (χ4v) is 2.05. The van der Waals surface area contributed by atoms with Crippen molar-refractivity contribution in [2.24, 2.45) is 5.73 Å². The SMILES string of the molecule is NC(=O)c1cc(N)cc(Cl)c1Oc1ccc(Br)cc1. The highest BCUT2D eigenvalue weighted by molar-refractivity contribution is 9.10. The van der Waals surface area contributed by atoms with Crippen LogP contribution in [0.25, 0.3) is 0 Å². The summed E-state index contributed by atoms with van der Waals surface area (Å²) in [7, 11) is 0. The van der Waals surface area contributed by atoms with Gasteiger partial charge in [0.15, 0.2) is 5.75 Å². The van der Waals surface area contributed by atoms with Gasteiger partial charge in [0.25, 0.3) is 5.91 Å². The van der Waals surface area contributed by atoms with Crippen molar-refractivity contribution in [2.75, 3.05) is 5.73 Å². The van der Waals surface area contributed by atoms with Gasteiger partial charge in [0.1, 0.15) is 5.75 Å². The molecule has 1 amide bonds. The number of halogens is 2. The molecule has 6 heteroatoms. The van der Waals surface area contributed by atoms with Crippen LogP contribution in [0.5, 0.6) is 11.5 Å². The summed E-state index contributed by atoms with van der Waals surface area (Å²) in [6.45, 7) is 0. The molecule has 2 aromatic carbocycles. The monoisotopic (exact) mass is 340 g/mol. The van der Waals surface area contributed by atoms with Gasteiger partial charge in [-0.05, 0) is 36.4 Å². The van der Waals surface area contributed by atoms with Gasteiger partial charge in [0.2, 0.25) is 0 Å². The average Bonchev–Trinajstić information content (AvgIpc) is 2.34. The number of hydrogen-bond acceptors (Lipinski definition) is 3. The number of primary amides is 1. The molecule has 0 radical (unpaired) electrons. The normalized spacial score (nSPS) is 10.2. The molecule has 0 aromatic heterocycles. The molecular formula is C13H10BrClN2O2. The van der Waals surface area contributed by atoms with Crippen molar-refractivity contribution in [3.05, 3.63) is 51.5 Å². The van der Waals surface area contributed by atoms with Crippen LogP contribution in [0.4, 0.5) is 5.69 Å². The second kappa shape index (κ2) is 5.50. The van der Waals surface area contributed by atoms with Crippen LogP contribution in [0.1, 0.15) is 10.4 Å². The van der Waals surface area contributed by atoms with Crippen molar-refractivity contribution in [1.82, 2.24) is 0 Å². The van der Waals surface area contributed by atoms with E-state index >= 15 is 0 Å². The van der Waals surface area contributed by atoms with E-state index < -0.39 is 5.91 Å². The lowest BCUT2D eigenvalue weighted by molar-refractivity contribution is 0.0998. The molecule has 0 unspecified atom stereocenters. The number of carbonyl (C=O) groups is 1. The van der Waals surface area contributed by atoms with E-state index in [-0.39, 0.29) is 16.3 Å². The van der Waals surface area contributed by atoms with Crippen molar-refractivity contribution < 1.29 is 9.53 Å². The molecule has 19 heavy (non-hydrogen) atoms. The van der Waals surface area contributed by atoms with Crippen LogP contribution in [-0.2, 0) is 0 Å². The van der Waals surface area contributed by atoms with E-state index in [1.54, 1.807) is 12.1 Å². The molecule has 0 spiro atoms. The maximum absolute atomic E-state index is 11.4. The van der Waals surface area contributed by atoms with Gasteiger partial charge >= 0.3 is 0 Å². The van der Waals surface area contributed by atoms with E-state index in [0.29, 0.717) is 11.4 Å². The predicted molar refractivity (Wildman–Crippen MR) is 78.6 cm³/mol. The Morgan fingerprint density at radius 1 is 1.21 bits per heavy atom. The van der Waals surface area contributed by atoms with Crippen molar-refractivity contribution in [3.8, 4) is 11.5 Å². The summed E-state index contributed by atoms with van der Waals surface area (Å²) in [6, 6.07) is 10.0. The van der Waals surface area contributed by atoms with Gasteiger partial charge in [0, 0.05) is 10.2 Å². The number of rotatable bonds is 3. The summed E-state index contributed by atoms with van der Waals surface area (Å²) in [5.74, 6) is 0.0874. The molecule has 0 atom stereocenters. The Morgan fingerprint density at radius 3 is 2.42 bits per heavy atom. The van der Waals surface area contributed by atoms with E-state index in [9.17, 15) is 4.79 Å². The van der Waals surface area contributed by atoms with Gasteiger partial charge in [-0.25, -0.2) is 0 Å². The lowest BCUT2D eigenvalue weighted by atomic mass is 10.1. The van der Waals surface area contributed by atoms with Crippen LogP contribution < -0.4 is 16.2 Å². The summed E-state index contributed by atoms with van der Waals surface area (Å²) in [6.07, 6.45) is 0. The number of ether oxygens (including phenoxy) is 1. The maximum atomic E-state index is 11.4. The fourth-order valence-electron chi connectivity index (χ4n) is 1.52. The van der Waals surface area contributed by atoms with Gasteiger partial charge < -0.3 is 16.2 Å². The van der Waals surface area contributed by atoms with Crippen LogP contribution in [-0.4, -0.2) is 5.91 Å². The Hall–Kier alpha value is -1.72. The number of nitrogens with two attached hydrogens (primary N) is 2. The zero-order valence-electron chi connectivity index (χ0n) is 9.69. The van der Waals surface area contributed by atoms with E-state index in [0.717, 1.165) is 4.47 Å². The second-order valence-corrected chi connectivity index (χ2v) is 5.12. The van der Waals surface area contributed by atoms with Gasteiger partial charge in [-0.3, -0.25) is 4.79 Å². The maximum Gasteiger partial charge on any atom is 0.252 e. The molecule has 98 valence electrons. The van der Waals surface area contributed by atoms with E-state index in [2.05, 4.69) is 15.9 Å². The minimum Gasteiger partial charge on any atom is -0.455 e. The minimum atomic E-state index is -0.652. The second-order valence-electron chi connectivity index (χ2n) is 3.80. The summed E-state index contributed by atoms with van der Waals surface area (Å²) >= 11 is 9.36. The molecule has 0 heterocycles. The Bertz CT molecular complexity index is 629. The van der Waals surface area contributed by atoms with Gasteiger partial charge in [-0.2, -0.15) is 0 Å². The zero-order valence-corrected chi connectivity index (χ0v) is 12.0. The lowest BCUT2D eigenvalue weighted by Gasteiger charge is -2.12. The summed E-state index contributed by atoms with van der Waals surface area (Å²) < 4.78 is 6.52. The smallest absolute Gasteiger partial charge is 0.252 e. The number of carbonyl (C=O) groups excluding carboxylic acids is 1. The minimum absolute atomic E-state index is 0.146. The van der Waals surface area contributed by atoms with E-state index in [1.807, 2.05) is 12.1 Å². The first-order valence-electron chi connectivity index (χ1n) is 5.29. The summed E-state index contributed by atoms with van der Waals surface area (Å²) in [5, 5.41) is 0.233. The quantitative estimate of drug-likeness (QED) is 0.838. The Morgan fingerprint density at radius 2 is 1.84 bits per heavy atom. The van der Waals surface area contributed by atoms with Crippen LogP contribution in [0.2, 0.25) is 5.02 Å². The summed E-state index contributed by atoms with van der Waals surface area (Å²) in [5.41, 5.74) is 11.4. The van der Waals surface area contributed by atoms with Crippen LogP contribution in [0, 0.1) is 0 Å². The van der Waals surface area contributed by atoms with Crippen molar-refractivity contribution in [3.63, 3.8) is 0 Å². The van der Waals surface area contributed by atoms with Crippen LogP contribution >= 0.6 is 27.5 Å². The number of anilines is 1. The van der Waals surface area contributed by atoms with Crippen LogP contribution in [0.15, 0.2) is 40.9 Å². The van der Waals surface area contributed by atoms with Crippen LogP contribution in [0.3, 0.4) is 0 Å². The molecular weight excluding hydrogens is 332 g/mol. The number of benzene rings is 2. The largest absolute Gasteiger partial charge is 0.455 e. The van der Waals surface area contributed by atoms with E-state index in [4.69, 9.17) is 27.8 Å². The predicted octanol–water partition coefficient (Wildman–Crippen LogP) is 3.58. The molecule has 0 aliphatic rings. The Labute approximate surface area is 123 Å². The molecule has 4 N–H and O–H groups in total. The number of hydrogen-bond donors (Lipinski definition) is 2. The lowest BCUT2D eigenvalue weighted by Crippen LogP contribution is -2.13. The molecule has 0 aliphatic carbocycles. The first-order chi connectivity index (χ1) is 8.97. The molecule has 2 rings (SSSR count). The fraction of sp³-hybridized carbons (Fsp3) is 0. The standard InChI is InChI=1S/C13H10BrClN2O2/c14-7-1-3-9(4-2-7)19-12-10(13(17)18)5-8(16)6-11(12)15/h1-6H,16H2,(H2,17,18). The van der Waals surface area contributed by atoms with Gasteiger partial charge in [-0.1, -0.05) is 27.5 Å². The molecule has 0 bridgehead atoms. The topological polar surface area (TPSA) is 78.3 Å². The highest BCUT2D eigenvalue weighted by atomic mass is 79.9. The average molecular weight is 342 g/mol. The first kappa shape index (κ1) is 13.7. The third-order valence-corrected chi connectivity index (χ3v) is 3.17. The van der Waals surface area contributed by atoms with Gasteiger partial charge in [0.05, 0.1) is 10.6 Å². The molecule has 0 saturated heterocycles. The highest BCUT2D eigenvalue weighted by Gasteiger charge is 2.15. The molecule has 0 aliphatic heterocycles. The third kappa shape index (κ3) is 3.19. The number of nitrogen functional groups attached to an aromatic ring is 1. The molecule has 2 aromatic rings. The first-order valence-corrected chi connectivity index (χ1v) is 6.46. The Balaban J connectivity index is 2.44. The van der Waals surface area contributed by atoms with Crippen molar-refractivity contribution >= 4 is 39.1 Å².